The Bertz CT molecular complexity index is 294. The highest BCUT2D eigenvalue weighted by Gasteiger charge is 2.03. The van der Waals surface area contributed by atoms with Crippen molar-refractivity contribution in [3.63, 3.8) is 0 Å². The van der Waals surface area contributed by atoms with E-state index in [-0.39, 0.29) is 5.75 Å². The molecule has 0 bridgehead atoms. The molecule has 0 saturated carbocycles. The molecule has 0 heterocycles. The van der Waals surface area contributed by atoms with Crippen LogP contribution in [0.5, 0.6) is 0 Å². The minimum atomic E-state index is -2.97. The summed E-state index contributed by atoms with van der Waals surface area (Å²) in [5.41, 5.74) is 0. The molecule has 0 spiro atoms. The van der Waals surface area contributed by atoms with Crippen molar-refractivity contribution in [2.75, 3.05) is 5.75 Å². The van der Waals surface area contributed by atoms with Gasteiger partial charge in [0.2, 0.25) is 0 Å². The molecule has 0 N–H and O–H groups in total. The summed E-state index contributed by atoms with van der Waals surface area (Å²) in [6.07, 6.45) is 15.1. The van der Waals surface area contributed by atoms with Crippen molar-refractivity contribution in [3.05, 3.63) is 12.0 Å². The Labute approximate surface area is 120 Å². The van der Waals surface area contributed by atoms with Crippen LogP contribution in [0.25, 0.3) is 0 Å². The van der Waals surface area contributed by atoms with Crippen LogP contribution in [0.4, 0.5) is 0 Å². The van der Waals surface area contributed by atoms with Crippen LogP contribution in [0.15, 0.2) is 12.0 Å². The van der Waals surface area contributed by atoms with Crippen molar-refractivity contribution in [2.24, 2.45) is 0 Å². The summed E-state index contributed by atoms with van der Waals surface area (Å²) in [5, 5.41) is 1.07. The summed E-state index contributed by atoms with van der Waals surface area (Å²) in [6.45, 7) is 5.57. The van der Waals surface area contributed by atoms with Crippen molar-refractivity contribution in [1.82, 2.24) is 0 Å². The maximum absolute atomic E-state index is 11.2. The van der Waals surface area contributed by atoms with Crippen LogP contribution in [0.1, 0.15) is 84.0 Å². The predicted octanol–water partition coefficient (Wildman–Crippen LogP) is 5.25. The lowest BCUT2D eigenvalue weighted by Crippen LogP contribution is -2.01. The summed E-state index contributed by atoms with van der Waals surface area (Å²) < 4.78 is 22.3. The summed E-state index contributed by atoms with van der Waals surface area (Å²) in [4.78, 5) is 0. The van der Waals surface area contributed by atoms with Crippen molar-refractivity contribution >= 4 is 9.84 Å². The zero-order valence-corrected chi connectivity index (χ0v) is 13.5. The lowest BCUT2D eigenvalue weighted by atomic mass is 10.1. The molecule has 0 rings (SSSR count). The highest BCUT2D eigenvalue weighted by molar-refractivity contribution is 7.94. The van der Waals surface area contributed by atoms with Crippen molar-refractivity contribution in [1.29, 1.82) is 0 Å². The first kappa shape index (κ1) is 18.7. The van der Waals surface area contributed by atoms with E-state index in [1.807, 2.05) is 0 Å². The van der Waals surface area contributed by atoms with Crippen LogP contribution in [0.2, 0.25) is 0 Å². The van der Waals surface area contributed by atoms with Crippen LogP contribution in [-0.4, -0.2) is 14.2 Å². The minimum absolute atomic E-state index is 0.272. The Balaban J connectivity index is 3.13. The zero-order chi connectivity index (χ0) is 14.4. The van der Waals surface area contributed by atoms with E-state index >= 15 is 0 Å². The molecule has 0 radical (unpaired) electrons. The predicted molar refractivity (Wildman–Crippen MR) is 85.1 cm³/mol. The molecule has 2 nitrogen and oxygen atoms in total. The quantitative estimate of drug-likeness (QED) is 0.409. The van der Waals surface area contributed by atoms with Gasteiger partial charge in [-0.25, -0.2) is 8.42 Å². The molecule has 3 heteroatoms. The minimum Gasteiger partial charge on any atom is -0.224 e. The van der Waals surface area contributed by atoms with Crippen LogP contribution >= 0.6 is 0 Å². The van der Waals surface area contributed by atoms with E-state index in [1.165, 1.54) is 64.2 Å². The molecular weight excluding hydrogens is 256 g/mol. The van der Waals surface area contributed by atoms with Gasteiger partial charge < -0.3 is 0 Å². The second-order valence-electron chi connectivity index (χ2n) is 5.42. The molecule has 0 fully saturated rings. The zero-order valence-electron chi connectivity index (χ0n) is 12.7. The molecule has 0 atom stereocenters. The monoisotopic (exact) mass is 288 g/mol. The maximum Gasteiger partial charge on any atom is 0.171 e. The van der Waals surface area contributed by atoms with E-state index in [1.54, 1.807) is 0 Å². The first-order chi connectivity index (χ1) is 9.12. The smallest absolute Gasteiger partial charge is 0.171 e. The number of rotatable bonds is 14. The Morgan fingerprint density at radius 2 is 1.11 bits per heavy atom. The van der Waals surface area contributed by atoms with Crippen LogP contribution in [0, 0.1) is 0 Å². The first-order valence-corrected chi connectivity index (χ1v) is 9.69. The van der Waals surface area contributed by atoms with Gasteiger partial charge in [0.1, 0.15) is 0 Å². The number of sulfone groups is 1. The van der Waals surface area contributed by atoms with Gasteiger partial charge in [0.25, 0.3) is 0 Å². The molecule has 0 aliphatic heterocycles. The fraction of sp³-hybridized carbons (Fsp3) is 0.875. The van der Waals surface area contributed by atoms with E-state index in [0.717, 1.165) is 18.2 Å². The topological polar surface area (TPSA) is 34.1 Å². The lowest BCUT2D eigenvalue weighted by molar-refractivity contribution is 0.546. The van der Waals surface area contributed by atoms with E-state index < -0.39 is 9.84 Å². The molecule has 0 unspecified atom stereocenters. The molecule has 0 aromatic heterocycles. The van der Waals surface area contributed by atoms with E-state index in [4.69, 9.17) is 0 Å². The fourth-order valence-corrected chi connectivity index (χ4v) is 3.00. The summed E-state index contributed by atoms with van der Waals surface area (Å²) >= 11 is 0. The summed E-state index contributed by atoms with van der Waals surface area (Å²) in [5.74, 6) is 0.272. The van der Waals surface area contributed by atoms with Gasteiger partial charge in [-0.3, -0.25) is 0 Å². The molecular formula is C16H32O2S. The van der Waals surface area contributed by atoms with Gasteiger partial charge >= 0.3 is 0 Å². The molecule has 19 heavy (non-hydrogen) atoms. The van der Waals surface area contributed by atoms with Gasteiger partial charge in [-0.1, -0.05) is 84.1 Å². The van der Waals surface area contributed by atoms with E-state index in [0.29, 0.717) is 0 Å². The maximum atomic E-state index is 11.2. The Hall–Kier alpha value is -0.310. The van der Waals surface area contributed by atoms with Gasteiger partial charge in [-0.2, -0.15) is 0 Å². The van der Waals surface area contributed by atoms with Crippen molar-refractivity contribution in [3.8, 4) is 0 Å². The molecule has 0 aliphatic rings. The molecule has 0 amide bonds. The average Bonchev–Trinajstić information content (AvgIpc) is 2.40. The highest BCUT2D eigenvalue weighted by Crippen LogP contribution is 2.12. The third kappa shape index (κ3) is 13.9. The van der Waals surface area contributed by atoms with Crippen LogP contribution in [0.3, 0.4) is 0 Å². The van der Waals surface area contributed by atoms with Gasteiger partial charge in [0.05, 0.1) is 5.75 Å². The Kier molecular flexibility index (Phi) is 12.5. The summed E-state index contributed by atoms with van der Waals surface area (Å²) in [6, 6.07) is 0. The second kappa shape index (κ2) is 12.7. The number of unbranched alkanes of at least 4 members (excludes halogenated alkanes) is 11. The van der Waals surface area contributed by atoms with E-state index in [2.05, 4.69) is 13.5 Å². The largest absolute Gasteiger partial charge is 0.224 e. The third-order valence-electron chi connectivity index (χ3n) is 3.54. The molecule has 114 valence electrons. The van der Waals surface area contributed by atoms with Gasteiger partial charge in [-0.05, 0) is 6.42 Å². The Morgan fingerprint density at radius 3 is 1.47 bits per heavy atom. The summed E-state index contributed by atoms with van der Waals surface area (Å²) in [7, 11) is -2.97. The number of hydrogen-bond acceptors (Lipinski definition) is 2. The number of hydrogen-bond donors (Lipinski definition) is 0. The molecule has 0 aromatic carbocycles. The average molecular weight is 288 g/mol. The normalized spacial score (nSPS) is 11.6. The van der Waals surface area contributed by atoms with Crippen LogP contribution in [-0.2, 0) is 9.84 Å². The van der Waals surface area contributed by atoms with Crippen molar-refractivity contribution < 1.29 is 8.42 Å². The Morgan fingerprint density at radius 1 is 0.737 bits per heavy atom. The van der Waals surface area contributed by atoms with E-state index in [9.17, 15) is 8.42 Å². The highest BCUT2D eigenvalue weighted by atomic mass is 32.2. The fourth-order valence-electron chi connectivity index (χ4n) is 2.23. The SMILES string of the molecule is C=CS(=O)(=O)CCCCCCCCCCCCCC. The molecule has 0 aromatic rings. The lowest BCUT2D eigenvalue weighted by Gasteiger charge is -2.02. The molecule has 0 saturated heterocycles. The second-order valence-corrected chi connectivity index (χ2v) is 7.49. The standard InChI is InChI=1S/C16H32O2S/c1-3-5-6-7-8-9-10-11-12-13-14-15-16-19(17,18)4-2/h4H,2-3,5-16H2,1H3. The van der Waals surface area contributed by atoms with Crippen LogP contribution < -0.4 is 0 Å². The first-order valence-electron chi connectivity index (χ1n) is 7.97. The van der Waals surface area contributed by atoms with Gasteiger partial charge in [0, 0.05) is 5.41 Å². The van der Waals surface area contributed by atoms with Crippen molar-refractivity contribution in [2.45, 2.75) is 84.0 Å². The molecule has 0 aliphatic carbocycles. The third-order valence-corrected chi connectivity index (χ3v) is 4.90. The van der Waals surface area contributed by atoms with Gasteiger partial charge in [-0.15, -0.1) is 0 Å². The van der Waals surface area contributed by atoms with Gasteiger partial charge in [0.15, 0.2) is 9.84 Å².